The Kier molecular flexibility index (Phi) is 5.58. The van der Waals surface area contributed by atoms with Crippen LogP contribution in [0.5, 0.6) is 0 Å². The summed E-state index contributed by atoms with van der Waals surface area (Å²) in [4.78, 5) is 13.5. The quantitative estimate of drug-likeness (QED) is 0.719. The van der Waals surface area contributed by atoms with Crippen molar-refractivity contribution in [3.8, 4) is 0 Å². The molecule has 0 aliphatic heterocycles. The molecule has 0 saturated carbocycles. The van der Waals surface area contributed by atoms with Gasteiger partial charge in [-0.05, 0) is 26.4 Å². The first kappa shape index (κ1) is 14.2. The smallest absolute Gasteiger partial charge is 0.243 e. The Morgan fingerprint density at radius 2 is 1.93 bits per heavy atom. The molecule has 0 heterocycles. The molecule has 0 aromatic carbocycles. The Bertz CT molecular complexity index is 226. The van der Waals surface area contributed by atoms with Gasteiger partial charge in [0.1, 0.15) is 0 Å². The van der Waals surface area contributed by atoms with Crippen LogP contribution in [-0.2, 0) is 4.79 Å². The summed E-state index contributed by atoms with van der Waals surface area (Å²) in [7, 11) is 3.94. The molecule has 0 rings (SSSR count). The molecule has 3 heteroatoms. The van der Waals surface area contributed by atoms with Crippen LogP contribution in [0.1, 0.15) is 27.7 Å². The van der Waals surface area contributed by atoms with Gasteiger partial charge in [0.05, 0.1) is 0 Å². The molecule has 0 radical (unpaired) electrons. The fourth-order valence-electron chi connectivity index (χ4n) is 0.849. The molecule has 0 aliphatic carbocycles. The third-order valence-corrected chi connectivity index (χ3v) is 2.40. The molecular formula is C12H24N2O. The SMILES string of the molecule is CC(NC(=O)/C=C/CN(C)C)C(C)(C)C. The normalized spacial score (nSPS) is 14.6. The largest absolute Gasteiger partial charge is 0.350 e. The second-order valence-corrected chi connectivity index (χ2v) is 5.26. The van der Waals surface area contributed by atoms with Gasteiger partial charge < -0.3 is 10.2 Å². The second-order valence-electron chi connectivity index (χ2n) is 5.26. The van der Waals surface area contributed by atoms with Crippen molar-refractivity contribution in [1.82, 2.24) is 10.2 Å². The maximum absolute atomic E-state index is 11.5. The van der Waals surface area contributed by atoms with E-state index in [-0.39, 0.29) is 17.4 Å². The number of likely N-dealkylation sites (N-methyl/N-ethyl adjacent to an activating group) is 1. The fraction of sp³-hybridized carbons (Fsp3) is 0.750. The highest BCUT2D eigenvalue weighted by Crippen LogP contribution is 2.18. The number of hydrogen-bond acceptors (Lipinski definition) is 2. The molecule has 0 saturated heterocycles. The van der Waals surface area contributed by atoms with Crippen LogP contribution in [0.4, 0.5) is 0 Å². The lowest BCUT2D eigenvalue weighted by molar-refractivity contribution is -0.117. The summed E-state index contributed by atoms with van der Waals surface area (Å²) in [6.07, 6.45) is 3.47. The molecule has 0 fully saturated rings. The highest BCUT2D eigenvalue weighted by molar-refractivity contribution is 5.87. The Hall–Kier alpha value is -0.830. The maximum Gasteiger partial charge on any atom is 0.243 e. The van der Waals surface area contributed by atoms with Crippen molar-refractivity contribution >= 4 is 5.91 Å². The molecule has 1 atom stereocenters. The molecule has 0 aromatic rings. The molecule has 0 bridgehead atoms. The summed E-state index contributed by atoms with van der Waals surface area (Å²) >= 11 is 0. The minimum absolute atomic E-state index is 0.0146. The van der Waals surface area contributed by atoms with Crippen LogP contribution < -0.4 is 5.32 Å². The van der Waals surface area contributed by atoms with Gasteiger partial charge in [-0.15, -0.1) is 0 Å². The number of nitrogens with zero attached hydrogens (tertiary/aromatic N) is 1. The van der Waals surface area contributed by atoms with Crippen LogP contribution >= 0.6 is 0 Å². The Balaban J connectivity index is 3.99. The summed E-state index contributed by atoms with van der Waals surface area (Å²) < 4.78 is 0. The molecule has 0 spiro atoms. The highest BCUT2D eigenvalue weighted by Gasteiger charge is 2.20. The molecule has 3 nitrogen and oxygen atoms in total. The van der Waals surface area contributed by atoms with Gasteiger partial charge >= 0.3 is 0 Å². The van der Waals surface area contributed by atoms with E-state index in [9.17, 15) is 4.79 Å². The second kappa shape index (κ2) is 5.91. The standard InChI is InChI=1S/C12H24N2O/c1-10(12(2,3)4)13-11(15)8-7-9-14(5)6/h7-8,10H,9H2,1-6H3,(H,13,15)/b8-7+. The van der Waals surface area contributed by atoms with Crippen LogP contribution in [0.2, 0.25) is 0 Å². The third-order valence-electron chi connectivity index (χ3n) is 2.40. The van der Waals surface area contributed by atoms with Gasteiger partial charge in [-0.25, -0.2) is 0 Å². The van der Waals surface area contributed by atoms with Gasteiger partial charge in [-0.3, -0.25) is 4.79 Å². The van der Waals surface area contributed by atoms with Crippen molar-refractivity contribution in [2.75, 3.05) is 20.6 Å². The van der Waals surface area contributed by atoms with E-state index < -0.39 is 0 Å². The van der Waals surface area contributed by atoms with E-state index in [4.69, 9.17) is 0 Å². The zero-order chi connectivity index (χ0) is 12.1. The van der Waals surface area contributed by atoms with Crippen molar-refractivity contribution in [2.24, 2.45) is 5.41 Å². The monoisotopic (exact) mass is 212 g/mol. The molecule has 0 aliphatic rings. The number of amides is 1. The zero-order valence-electron chi connectivity index (χ0n) is 10.8. The van der Waals surface area contributed by atoms with E-state index in [0.717, 1.165) is 6.54 Å². The zero-order valence-corrected chi connectivity index (χ0v) is 10.8. The first-order chi connectivity index (χ1) is 6.73. The van der Waals surface area contributed by atoms with Gasteiger partial charge in [0.15, 0.2) is 0 Å². The van der Waals surface area contributed by atoms with Crippen molar-refractivity contribution in [2.45, 2.75) is 33.7 Å². The van der Waals surface area contributed by atoms with Crippen LogP contribution in [0.25, 0.3) is 0 Å². The average Bonchev–Trinajstić information content (AvgIpc) is 2.01. The predicted molar refractivity (Wildman–Crippen MR) is 64.8 cm³/mol. The molecule has 1 N–H and O–H groups in total. The Morgan fingerprint density at radius 1 is 1.40 bits per heavy atom. The number of hydrogen-bond donors (Lipinski definition) is 1. The molecule has 1 unspecified atom stereocenters. The molecular weight excluding hydrogens is 188 g/mol. The highest BCUT2D eigenvalue weighted by atomic mass is 16.1. The van der Waals surface area contributed by atoms with E-state index in [1.54, 1.807) is 6.08 Å². The van der Waals surface area contributed by atoms with Crippen molar-refractivity contribution in [3.63, 3.8) is 0 Å². The Morgan fingerprint density at radius 3 is 2.33 bits per heavy atom. The summed E-state index contributed by atoms with van der Waals surface area (Å²) in [5, 5.41) is 2.95. The van der Waals surface area contributed by atoms with Crippen LogP contribution in [0.15, 0.2) is 12.2 Å². The minimum atomic E-state index is -0.0146. The molecule has 15 heavy (non-hydrogen) atoms. The van der Waals surface area contributed by atoms with Gasteiger partial charge in [0.25, 0.3) is 0 Å². The van der Waals surface area contributed by atoms with E-state index in [0.29, 0.717) is 0 Å². The van der Waals surface area contributed by atoms with Gasteiger partial charge in [-0.2, -0.15) is 0 Å². The van der Waals surface area contributed by atoms with Crippen LogP contribution in [0, 0.1) is 5.41 Å². The molecule has 1 amide bonds. The lowest BCUT2D eigenvalue weighted by Crippen LogP contribution is -2.40. The minimum Gasteiger partial charge on any atom is -0.350 e. The molecule has 88 valence electrons. The van der Waals surface area contributed by atoms with Crippen molar-refractivity contribution in [3.05, 3.63) is 12.2 Å². The van der Waals surface area contributed by atoms with E-state index in [1.165, 1.54) is 0 Å². The first-order valence-corrected chi connectivity index (χ1v) is 5.35. The topological polar surface area (TPSA) is 32.3 Å². The number of rotatable bonds is 4. The number of carbonyl (C=O) groups is 1. The lowest BCUT2D eigenvalue weighted by atomic mass is 9.88. The van der Waals surface area contributed by atoms with E-state index >= 15 is 0 Å². The predicted octanol–water partition coefficient (Wildman–Crippen LogP) is 1.65. The van der Waals surface area contributed by atoms with Crippen LogP contribution in [-0.4, -0.2) is 37.5 Å². The lowest BCUT2D eigenvalue weighted by Gasteiger charge is -2.27. The van der Waals surface area contributed by atoms with Gasteiger partial charge in [0.2, 0.25) is 5.91 Å². The molecule has 0 aromatic heterocycles. The summed E-state index contributed by atoms with van der Waals surface area (Å²) in [6, 6.07) is 0.175. The van der Waals surface area contributed by atoms with Gasteiger partial charge in [-0.1, -0.05) is 26.8 Å². The summed E-state index contributed by atoms with van der Waals surface area (Å²) in [5.74, 6) is -0.0146. The van der Waals surface area contributed by atoms with E-state index in [1.807, 2.05) is 32.0 Å². The van der Waals surface area contributed by atoms with Crippen LogP contribution in [0.3, 0.4) is 0 Å². The number of carbonyl (C=O) groups excluding carboxylic acids is 1. The third kappa shape index (κ3) is 7.14. The van der Waals surface area contributed by atoms with Gasteiger partial charge in [0, 0.05) is 18.7 Å². The fourth-order valence-corrected chi connectivity index (χ4v) is 0.849. The Labute approximate surface area is 93.5 Å². The van der Waals surface area contributed by atoms with Crippen molar-refractivity contribution < 1.29 is 4.79 Å². The van der Waals surface area contributed by atoms with E-state index in [2.05, 4.69) is 26.1 Å². The maximum atomic E-state index is 11.5. The summed E-state index contributed by atoms with van der Waals surface area (Å²) in [5.41, 5.74) is 0.102. The number of nitrogens with one attached hydrogen (secondary N) is 1. The summed E-state index contributed by atoms with van der Waals surface area (Å²) in [6.45, 7) is 9.15. The first-order valence-electron chi connectivity index (χ1n) is 5.35. The van der Waals surface area contributed by atoms with Crippen molar-refractivity contribution in [1.29, 1.82) is 0 Å². The average molecular weight is 212 g/mol.